The molecular weight excluding hydrogens is 186 g/mol. The van der Waals surface area contributed by atoms with E-state index in [1.54, 1.807) is 0 Å². The zero-order valence-corrected chi connectivity index (χ0v) is 9.31. The maximum Gasteiger partial charge on any atom is 0.138 e. The van der Waals surface area contributed by atoms with E-state index in [0.29, 0.717) is 5.92 Å². The number of aromatic nitrogens is 3. The van der Waals surface area contributed by atoms with Gasteiger partial charge >= 0.3 is 0 Å². The summed E-state index contributed by atoms with van der Waals surface area (Å²) in [7, 11) is 0. The Labute approximate surface area is 89.8 Å². The highest BCUT2D eigenvalue weighted by Crippen LogP contribution is 2.13. The molecule has 15 heavy (non-hydrogen) atoms. The third-order valence-electron chi connectivity index (χ3n) is 2.33. The maximum atomic E-state index is 4.44. The molecule has 0 unspecified atom stereocenters. The van der Waals surface area contributed by atoms with Crippen molar-refractivity contribution < 1.29 is 0 Å². The highest BCUT2D eigenvalue weighted by atomic mass is 15.1. The highest BCUT2D eigenvalue weighted by Gasteiger charge is 2.04. The van der Waals surface area contributed by atoms with Gasteiger partial charge in [-0.05, 0) is 25.0 Å². The molecule has 0 saturated carbocycles. The van der Waals surface area contributed by atoms with Crippen LogP contribution in [-0.4, -0.2) is 14.5 Å². The van der Waals surface area contributed by atoms with Crippen molar-refractivity contribution in [2.24, 2.45) is 0 Å². The standard InChI is InChI=1S/C12H15N3/c1-9(2)11-7-15(8-13-11)12-6-4-5-10(3)14-12/h4-9H,1-3H3. The van der Waals surface area contributed by atoms with E-state index in [9.17, 15) is 0 Å². The Morgan fingerprint density at radius 1 is 1.27 bits per heavy atom. The number of hydrogen-bond acceptors (Lipinski definition) is 2. The minimum absolute atomic E-state index is 0.455. The summed E-state index contributed by atoms with van der Waals surface area (Å²) in [6.45, 7) is 6.26. The molecule has 0 amide bonds. The number of rotatable bonds is 2. The lowest BCUT2D eigenvalue weighted by atomic mass is 10.2. The molecule has 2 heterocycles. The van der Waals surface area contributed by atoms with Gasteiger partial charge in [0.2, 0.25) is 0 Å². The van der Waals surface area contributed by atoms with Crippen molar-refractivity contribution in [3.8, 4) is 5.82 Å². The Kier molecular flexibility index (Phi) is 2.54. The second kappa shape index (κ2) is 3.85. The van der Waals surface area contributed by atoms with Gasteiger partial charge in [-0.2, -0.15) is 0 Å². The second-order valence-corrected chi connectivity index (χ2v) is 4.00. The lowest BCUT2D eigenvalue weighted by Crippen LogP contribution is -1.95. The highest BCUT2D eigenvalue weighted by molar-refractivity contribution is 5.25. The molecule has 0 spiro atoms. The van der Waals surface area contributed by atoms with Gasteiger partial charge in [0.25, 0.3) is 0 Å². The average molecular weight is 201 g/mol. The third-order valence-corrected chi connectivity index (χ3v) is 2.33. The van der Waals surface area contributed by atoms with Gasteiger partial charge in [-0.25, -0.2) is 9.97 Å². The van der Waals surface area contributed by atoms with Crippen LogP contribution < -0.4 is 0 Å². The summed E-state index contributed by atoms with van der Waals surface area (Å²) in [4.78, 5) is 8.78. The average Bonchev–Trinajstić information content (AvgIpc) is 2.66. The van der Waals surface area contributed by atoms with E-state index >= 15 is 0 Å². The van der Waals surface area contributed by atoms with Crippen LogP contribution in [0.2, 0.25) is 0 Å². The van der Waals surface area contributed by atoms with Gasteiger partial charge < -0.3 is 0 Å². The molecule has 3 nitrogen and oxygen atoms in total. The SMILES string of the molecule is Cc1cccc(-n2cnc(C(C)C)c2)n1. The summed E-state index contributed by atoms with van der Waals surface area (Å²) >= 11 is 0. The largest absolute Gasteiger partial charge is 0.290 e. The van der Waals surface area contributed by atoms with Crippen molar-refractivity contribution in [3.05, 3.63) is 42.1 Å². The van der Waals surface area contributed by atoms with Crippen molar-refractivity contribution in [2.75, 3.05) is 0 Å². The van der Waals surface area contributed by atoms with Crippen LogP contribution in [0.3, 0.4) is 0 Å². The number of hydrogen-bond donors (Lipinski definition) is 0. The lowest BCUT2D eigenvalue weighted by molar-refractivity contribution is 0.831. The third kappa shape index (κ3) is 2.06. The van der Waals surface area contributed by atoms with Gasteiger partial charge in [-0.15, -0.1) is 0 Å². The van der Waals surface area contributed by atoms with Gasteiger partial charge in [0.1, 0.15) is 12.1 Å². The first-order valence-corrected chi connectivity index (χ1v) is 5.15. The molecule has 0 N–H and O–H groups in total. The molecule has 0 aliphatic heterocycles. The molecule has 0 atom stereocenters. The van der Waals surface area contributed by atoms with Crippen LogP contribution in [-0.2, 0) is 0 Å². The number of aryl methyl sites for hydroxylation is 1. The minimum atomic E-state index is 0.455. The number of imidazole rings is 1. The molecule has 2 rings (SSSR count). The smallest absolute Gasteiger partial charge is 0.138 e. The maximum absolute atomic E-state index is 4.44. The lowest BCUT2D eigenvalue weighted by Gasteiger charge is -2.01. The molecular formula is C12H15N3. The van der Waals surface area contributed by atoms with Crippen LogP contribution in [0.25, 0.3) is 5.82 Å². The normalized spacial score (nSPS) is 10.9. The van der Waals surface area contributed by atoms with E-state index < -0.39 is 0 Å². The second-order valence-electron chi connectivity index (χ2n) is 4.00. The Hall–Kier alpha value is -1.64. The van der Waals surface area contributed by atoms with Gasteiger partial charge in [0, 0.05) is 11.9 Å². The molecule has 0 radical (unpaired) electrons. The predicted octanol–water partition coefficient (Wildman–Crippen LogP) is 2.70. The minimum Gasteiger partial charge on any atom is -0.290 e. The molecule has 0 bridgehead atoms. The quantitative estimate of drug-likeness (QED) is 0.748. The van der Waals surface area contributed by atoms with Crippen molar-refractivity contribution in [1.29, 1.82) is 0 Å². The predicted molar refractivity (Wildman–Crippen MR) is 60.2 cm³/mol. The van der Waals surface area contributed by atoms with Crippen molar-refractivity contribution in [3.63, 3.8) is 0 Å². The molecule has 2 aromatic heterocycles. The van der Waals surface area contributed by atoms with Gasteiger partial charge in [-0.3, -0.25) is 4.57 Å². The van der Waals surface area contributed by atoms with Crippen LogP contribution in [0.15, 0.2) is 30.7 Å². The fourth-order valence-electron chi connectivity index (χ4n) is 1.43. The molecule has 78 valence electrons. The Balaban J connectivity index is 2.37. The molecule has 0 aliphatic carbocycles. The van der Waals surface area contributed by atoms with Crippen molar-refractivity contribution in [2.45, 2.75) is 26.7 Å². The van der Waals surface area contributed by atoms with E-state index in [0.717, 1.165) is 17.2 Å². The first kappa shape index (κ1) is 9.90. The van der Waals surface area contributed by atoms with Crippen molar-refractivity contribution in [1.82, 2.24) is 14.5 Å². The van der Waals surface area contributed by atoms with Gasteiger partial charge in [0.15, 0.2) is 0 Å². The Bertz CT molecular complexity index is 457. The number of nitrogens with zero attached hydrogens (tertiary/aromatic N) is 3. The fourth-order valence-corrected chi connectivity index (χ4v) is 1.43. The summed E-state index contributed by atoms with van der Waals surface area (Å²) in [5, 5.41) is 0. The monoisotopic (exact) mass is 201 g/mol. The fraction of sp³-hybridized carbons (Fsp3) is 0.333. The van der Waals surface area contributed by atoms with E-state index in [4.69, 9.17) is 0 Å². The molecule has 0 aromatic carbocycles. The zero-order valence-electron chi connectivity index (χ0n) is 9.31. The number of pyridine rings is 1. The van der Waals surface area contributed by atoms with Crippen LogP contribution in [0.1, 0.15) is 31.2 Å². The van der Waals surface area contributed by atoms with Gasteiger partial charge in [0.05, 0.1) is 5.69 Å². The van der Waals surface area contributed by atoms with Crippen LogP contribution >= 0.6 is 0 Å². The molecule has 0 fully saturated rings. The summed E-state index contributed by atoms with van der Waals surface area (Å²) in [5.41, 5.74) is 2.12. The van der Waals surface area contributed by atoms with Crippen LogP contribution in [0.4, 0.5) is 0 Å². The van der Waals surface area contributed by atoms with E-state index in [2.05, 4.69) is 23.8 Å². The van der Waals surface area contributed by atoms with E-state index in [1.165, 1.54) is 0 Å². The van der Waals surface area contributed by atoms with Gasteiger partial charge in [-0.1, -0.05) is 19.9 Å². The van der Waals surface area contributed by atoms with Crippen LogP contribution in [0.5, 0.6) is 0 Å². The molecule has 3 heteroatoms. The first-order valence-electron chi connectivity index (χ1n) is 5.15. The molecule has 2 aromatic rings. The topological polar surface area (TPSA) is 30.7 Å². The van der Waals surface area contributed by atoms with E-state index in [1.807, 2.05) is 42.2 Å². The summed E-state index contributed by atoms with van der Waals surface area (Å²) in [6.07, 6.45) is 3.85. The van der Waals surface area contributed by atoms with Crippen LogP contribution in [0, 0.1) is 6.92 Å². The zero-order chi connectivity index (χ0) is 10.8. The Morgan fingerprint density at radius 3 is 2.67 bits per heavy atom. The Morgan fingerprint density at radius 2 is 2.07 bits per heavy atom. The molecule has 0 aliphatic rings. The van der Waals surface area contributed by atoms with E-state index in [-0.39, 0.29) is 0 Å². The van der Waals surface area contributed by atoms with Crippen molar-refractivity contribution >= 4 is 0 Å². The summed E-state index contributed by atoms with van der Waals surface area (Å²) in [6, 6.07) is 5.98. The first-order chi connectivity index (χ1) is 7.16. The summed E-state index contributed by atoms with van der Waals surface area (Å²) in [5.74, 6) is 1.38. The summed E-state index contributed by atoms with van der Waals surface area (Å²) < 4.78 is 1.96. The molecule has 0 saturated heterocycles.